The van der Waals surface area contributed by atoms with E-state index in [1.807, 2.05) is 42.5 Å². The van der Waals surface area contributed by atoms with E-state index in [1.54, 1.807) is 0 Å². The number of ether oxygens (including phenoxy) is 1. The Morgan fingerprint density at radius 1 is 0.704 bits per heavy atom. The molecule has 134 valence electrons. The Hall–Kier alpha value is -3.10. The molecule has 0 aliphatic heterocycles. The van der Waals surface area contributed by atoms with Crippen molar-refractivity contribution in [2.24, 2.45) is 0 Å². The van der Waals surface area contributed by atoms with Crippen LogP contribution >= 0.6 is 0 Å². The molecule has 0 spiro atoms. The molecule has 0 saturated heterocycles. The van der Waals surface area contributed by atoms with Gasteiger partial charge in [-0.1, -0.05) is 72.8 Å². The molecule has 2 heteroatoms. The number of hydrogen-bond donors (Lipinski definition) is 1. The molecule has 4 aromatic carbocycles. The van der Waals surface area contributed by atoms with E-state index in [4.69, 9.17) is 4.74 Å². The van der Waals surface area contributed by atoms with Crippen LogP contribution in [0.1, 0.15) is 24.1 Å². The number of rotatable bonds is 6. The molecule has 1 N–H and O–H groups in total. The molecule has 0 aliphatic carbocycles. The zero-order chi connectivity index (χ0) is 18.5. The van der Waals surface area contributed by atoms with Crippen molar-refractivity contribution in [3.05, 3.63) is 108 Å². The first-order valence-corrected chi connectivity index (χ1v) is 9.32. The molecule has 0 saturated carbocycles. The first-order chi connectivity index (χ1) is 13.3. The second-order valence-corrected chi connectivity index (χ2v) is 6.73. The number of fused-ring (bicyclic) bond motifs is 1. The average Bonchev–Trinajstić information content (AvgIpc) is 2.73. The lowest BCUT2D eigenvalue weighted by Crippen LogP contribution is -2.18. The lowest BCUT2D eigenvalue weighted by molar-refractivity contribution is 0.482. The number of para-hydroxylation sites is 1. The molecule has 0 bridgehead atoms. The molecular weight excluding hydrogens is 330 g/mol. The normalized spacial score (nSPS) is 12.0. The van der Waals surface area contributed by atoms with Crippen molar-refractivity contribution in [1.82, 2.24) is 5.32 Å². The Morgan fingerprint density at radius 2 is 1.37 bits per heavy atom. The van der Waals surface area contributed by atoms with Gasteiger partial charge in [0, 0.05) is 12.6 Å². The standard InChI is InChI=1S/C25H23NO/c1-19(24-13-7-9-21-8-5-6-12-25(21)24)26-18-20-14-16-23(17-15-20)27-22-10-3-2-4-11-22/h2-17,19,26H,18H2,1H3/t19-/m0/s1. The summed E-state index contributed by atoms with van der Waals surface area (Å²) < 4.78 is 5.86. The minimum absolute atomic E-state index is 0.274. The molecule has 2 nitrogen and oxygen atoms in total. The third-order valence-electron chi connectivity index (χ3n) is 4.80. The fraction of sp³-hybridized carbons (Fsp3) is 0.120. The average molecular weight is 353 g/mol. The predicted octanol–water partition coefficient (Wildman–Crippen LogP) is 6.48. The predicted molar refractivity (Wildman–Crippen MR) is 112 cm³/mol. The quantitative estimate of drug-likeness (QED) is 0.428. The number of benzene rings is 4. The molecule has 0 amide bonds. The van der Waals surface area contributed by atoms with Crippen LogP contribution in [0, 0.1) is 0 Å². The SMILES string of the molecule is C[C@H](NCc1ccc(Oc2ccccc2)cc1)c1cccc2ccccc12. The van der Waals surface area contributed by atoms with E-state index in [0.29, 0.717) is 0 Å². The smallest absolute Gasteiger partial charge is 0.127 e. The molecule has 0 heterocycles. The summed E-state index contributed by atoms with van der Waals surface area (Å²) in [4.78, 5) is 0. The van der Waals surface area contributed by atoms with Gasteiger partial charge in [0.15, 0.2) is 0 Å². The van der Waals surface area contributed by atoms with E-state index < -0.39 is 0 Å². The monoisotopic (exact) mass is 353 g/mol. The van der Waals surface area contributed by atoms with Crippen LogP contribution in [0.25, 0.3) is 10.8 Å². The summed E-state index contributed by atoms with van der Waals surface area (Å²) in [7, 11) is 0. The molecule has 0 radical (unpaired) electrons. The van der Waals surface area contributed by atoms with Gasteiger partial charge in [-0.15, -0.1) is 0 Å². The Balaban J connectivity index is 1.41. The van der Waals surface area contributed by atoms with Crippen molar-refractivity contribution < 1.29 is 4.74 Å². The van der Waals surface area contributed by atoms with Crippen LogP contribution in [0.2, 0.25) is 0 Å². The maximum Gasteiger partial charge on any atom is 0.127 e. The summed E-state index contributed by atoms with van der Waals surface area (Å²) in [6.45, 7) is 3.03. The highest BCUT2D eigenvalue weighted by Gasteiger charge is 2.08. The molecule has 0 fully saturated rings. The molecule has 0 unspecified atom stereocenters. The Kier molecular flexibility index (Phi) is 5.17. The van der Waals surface area contributed by atoms with Crippen LogP contribution in [0.3, 0.4) is 0 Å². The lowest BCUT2D eigenvalue weighted by atomic mass is 9.99. The highest BCUT2D eigenvalue weighted by Crippen LogP contribution is 2.25. The summed E-state index contributed by atoms with van der Waals surface area (Å²) in [6, 6.07) is 33.4. The summed E-state index contributed by atoms with van der Waals surface area (Å²) in [6.07, 6.45) is 0. The Labute approximate surface area is 160 Å². The number of hydrogen-bond acceptors (Lipinski definition) is 2. The molecular formula is C25H23NO. The van der Waals surface area contributed by atoms with Gasteiger partial charge >= 0.3 is 0 Å². The van der Waals surface area contributed by atoms with Crippen LogP contribution < -0.4 is 10.1 Å². The largest absolute Gasteiger partial charge is 0.457 e. The Bertz CT molecular complexity index is 1000. The molecule has 4 rings (SSSR count). The molecule has 0 aromatic heterocycles. The van der Waals surface area contributed by atoms with Gasteiger partial charge in [-0.25, -0.2) is 0 Å². The summed E-state index contributed by atoms with van der Waals surface area (Å²) >= 11 is 0. The zero-order valence-corrected chi connectivity index (χ0v) is 15.4. The van der Waals surface area contributed by atoms with Crippen molar-refractivity contribution in [1.29, 1.82) is 0 Å². The van der Waals surface area contributed by atoms with E-state index in [1.165, 1.54) is 21.9 Å². The summed E-state index contributed by atoms with van der Waals surface area (Å²) in [5.41, 5.74) is 2.57. The van der Waals surface area contributed by atoms with Gasteiger partial charge in [-0.2, -0.15) is 0 Å². The Morgan fingerprint density at radius 3 is 2.19 bits per heavy atom. The minimum Gasteiger partial charge on any atom is -0.457 e. The van der Waals surface area contributed by atoms with E-state index >= 15 is 0 Å². The third-order valence-corrected chi connectivity index (χ3v) is 4.80. The van der Waals surface area contributed by atoms with Gasteiger partial charge in [0.2, 0.25) is 0 Å². The fourth-order valence-corrected chi connectivity index (χ4v) is 3.31. The second-order valence-electron chi connectivity index (χ2n) is 6.73. The topological polar surface area (TPSA) is 21.3 Å². The summed E-state index contributed by atoms with van der Waals surface area (Å²) in [5.74, 6) is 1.71. The molecule has 0 aliphatic rings. The third kappa shape index (κ3) is 4.18. The van der Waals surface area contributed by atoms with Crippen molar-refractivity contribution >= 4 is 10.8 Å². The first kappa shape index (κ1) is 17.3. The van der Waals surface area contributed by atoms with Crippen LogP contribution in [0.5, 0.6) is 11.5 Å². The molecule has 4 aromatic rings. The maximum atomic E-state index is 5.86. The van der Waals surface area contributed by atoms with Gasteiger partial charge in [0.05, 0.1) is 0 Å². The second kappa shape index (κ2) is 8.07. The first-order valence-electron chi connectivity index (χ1n) is 9.32. The van der Waals surface area contributed by atoms with E-state index in [-0.39, 0.29) is 6.04 Å². The van der Waals surface area contributed by atoms with Gasteiger partial charge in [0.25, 0.3) is 0 Å². The van der Waals surface area contributed by atoms with Crippen molar-refractivity contribution in [3.63, 3.8) is 0 Å². The van der Waals surface area contributed by atoms with Crippen LogP contribution in [-0.2, 0) is 6.54 Å². The van der Waals surface area contributed by atoms with E-state index in [0.717, 1.165) is 18.0 Å². The van der Waals surface area contributed by atoms with Crippen LogP contribution in [0.4, 0.5) is 0 Å². The van der Waals surface area contributed by atoms with Gasteiger partial charge in [-0.3, -0.25) is 0 Å². The summed E-state index contributed by atoms with van der Waals surface area (Å²) in [5, 5.41) is 6.23. The molecule has 1 atom stereocenters. The van der Waals surface area contributed by atoms with Crippen molar-refractivity contribution in [2.75, 3.05) is 0 Å². The van der Waals surface area contributed by atoms with Crippen LogP contribution in [0.15, 0.2) is 97.1 Å². The van der Waals surface area contributed by atoms with E-state index in [9.17, 15) is 0 Å². The molecule has 27 heavy (non-hydrogen) atoms. The fourth-order valence-electron chi connectivity index (χ4n) is 3.31. The van der Waals surface area contributed by atoms with Gasteiger partial charge < -0.3 is 10.1 Å². The van der Waals surface area contributed by atoms with Crippen LogP contribution in [-0.4, -0.2) is 0 Å². The zero-order valence-electron chi connectivity index (χ0n) is 15.4. The van der Waals surface area contributed by atoms with Crippen molar-refractivity contribution in [2.45, 2.75) is 19.5 Å². The highest BCUT2D eigenvalue weighted by molar-refractivity contribution is 5.86. The number of nitrogens with one attached hydrogen (secondary N) is 1. The van der Waals surface area contributed by atoms with Gasteiger partial charge in [0.1, 0.15) is 11.5 Å². The maximum absolute atomic E-state index is 5.86. The van der Waals surface area contributed by atoms with Crippen molar-refractivity contribution in [3.8, 4) is 11.5 Å². The highest BCUT2D eigenvalue weighted by atomic mass is 16.5. The minimum atomic E-state index is 0.274. The van der Waals surface area contributed by atoms with E-state index in [2.05, 4.69) is 66.8 Å². The van der Waals surface area contributed by atoms with Gasteiger partial charge in [-0.05, 0) is 53.1 Å². The lowest BCUT2D eigenvalue weighted by Gasteiger charge is -2.17.